The molecule has 0 bridgehead atoms. The Morgan fingerprint density at radius 2 is 0.838 bits per heavy atom. The number of para-hydroxylation sites is 2. The molecule has 0 saturated carbocycles. The minimum absolute atomic E-state index is 0.0193. The molecule has 0 aliphatic heterocycles. The molecule has 3 nitrogen and oxygen atoms in total. The van der Waals surface area contributed by atoms with Crippen molar-refractivity contribution in [3.63, 3.8) is 0 Å². The van der Waals surface area contributed by atoms with Crippen molar-refractivity contribution in [2.45, 2.75) is 70.1 Å². The van der Waals surface area contributed by atoms with Gasteiger partial charge in [0.2, 0.25) is 0 Å². The van der Waals surface area contributed by atoms with Crippen LogP contribution in [-0.4, -0.2) is 0 Å². The van der Waals surface area contributed by atoms with Crippen molar-refractivity contribution in [1.82, 2.24) is 0 Å². The first-order valence-corrected chi connectivity index (χ1v) is 28.3. The first kappa shape index (κ1) is 46.9. The molecule has 13 aromatic rings. The predicted molar refractivity (Wildman–Crippen MR) is 332 cm³/mol. The van der Waals surface area contributed by atoms with E-state index in [9.17, 15) is 0 Å². The quantitative estimate of drug-likeness (QED) is 0.166. The van der Waals surface area contributed by atoms with Crippen LogP contribution in [0.2, 0.25) is 0 Å². The van der Waals surface area contributed by atoms with E-state index in [1.54, 1.807) is 0 Å². The Labute approximate surface area is 467 Å². The molecule has 3 aliphatic carbocycles. The fourth-order valence-corrected chi connectivity index (χ4v) is 15.0. The minimum atomic E-state index is -0.716. The molecule has 0 N–H and O–H groups in total. The average Bonchev–Trinajstić information content (AvgIpc) is 4.17. The minimum Gasteiger partial charge on any atom is -0.455 e. The Hall–Kier alpha value is -9.18. The van der Waals surface area contributed by atoms with E-state index in [1.807, 2.05) is 0 Å². The maximum absolute atomic E-state index is 7.06. The highest BCUT2D eigenvalue weighted by molar-refractivity contribution is 6.22. The summed E-state index contributed by atoms with van der Waals surface area (Å²) in [6, 6.07) is 85.8. The highest BCUT2D eigenvalue weighted by atomic mass is 16.3. The van der Waals surface area contributed by atoms with Crippen LogP contribution in [0.5, 0.6) is 0 Å². The second-order valence-electron chi connectivity index (χ2n) is 24.7. The first-order valence-electron chi connectivity index (χ1n) is 28.3. The zero-order chi connectivity index (χ0) is 54.0. The van der Waals surface area contributed by atoms with Gasteiger partial charge in [0.1, 0.15) is 22.3 Å². The van der Waals surface area contributed by atoms with E-state index in [0.29, 0.717) is 0 Å². The summed E-state index contributed by atoms with van der Waals surface area (Å²) in [6.45, 7) is 16.6. The lowest BCUT2D eigenvalue weighted by Crippen LogP contribution is -2.29. The summed E-state index contributed by atoms with van der Waals surface area (Å²) in [6.07, 6.45) is 0. The molecule has 0 saturated heterocycles. The molecule has 11 aromatic carbocycles. The van der Waals surface area contributed by atoms with Gasteiger partial charge in [0.05, 0.1) is 5.41 Å². The fourth-order valence-electron chi connectivity index (χ4n) is 15.0. The molecule has 0 radical (unpaired) electrons. The number of nitrogens with zero attached hydrogens (tertiary/aromatic N) is 1. The van der Waals surface area contributed by atoms with E-state index in [-0.39, 0.29) is 16.2 Å². The van der Waals surface area contributed by atoms with Gasteiger partial charge < -0.3 is 13.7 Å². The van der Waals surface area contributed by atoms with Gasteiger partial charge >= 0.3 is 0 Å². The van der Waals surface area contributed by atoms with Gasteiger partial charge in [0, 0.05) is 60.6 Å². The summed E-state index contributed by atoms with van der Waals surface area (Å²) in [5.41, 5.74) is 27.0. The van der Waals surface area contributed by atoms with Crippen LogP contribution in [0, 0.1) is 0 Å². The van der Waals surface area contributed by atoms with Crippen molar-refractivity contribution in [2.75, 3.05) is 4.90 Å². The van der Waals surface area contributed by atoms with E-state index in [1.165, 1.54) is 88.8 Å². The zero-order valence-corrected chi connectivity index (χ0v) is 46.2. The molecule has 3 heteroatoms. The van der Waals surface area contributed by atoms with Crippen molar-refractivity contribution in [3.05, 3.63) is 281 Å². The molecule has 0 atom stereocenters. The number of anilines is 3. The maximum Gasteiger partial charge on any atom is 0.144 e. The molecule has 16 rings (SSSR count). The van der Waals surface area contributed by atoms with Gasteiger partial charge in [0.15, 0.2) is 0 Å². The molecule has 80 heavy (non-hydrogen) atoms. The number of rotatable bonds is 6. The van der Waals surface area contributed by atoms with Crippen molar-refractivity contribution in [3.8, 4) is 44.5 Å². The van der Waals surface area contributed by atoms with Crippen molar-refractivity contribution < 1.29 is 8.83 Å². The lowest BCUT2D eigenvalue weighted by atomic mass is 9.67. The monoisotopic (exact) mass is 1030 g/mol. The molecule has 2 heterocycles. The third-order valence-electron chi connectivity index (χ3n) is 18.6. The summed E-state index contributed by atoms with van der Waals surface area (Å²) < 4.78 is 14.1. The summed E-state index contributed by atoms with van der Waals surface area (Å²) in [7, 11) is 0. The molecule has 3 aliphatic rings. The van der Waals surface area contributed by atoms with Crippen LogP contribution in [0.15, 0.2) is 239 Å². The van der Waals surface area contributed by atoms with E-state index in [2.05, 4.69) is 284 Å². The molecule has 0 amide bonds. The Balaban J connectivity index is 0.979. The SMILES string of the molecule is CC(C)(C)c1ccc(N(c2ccc3c(c2)C(C)(C)c2c4c(c5oc6ccccc6c5c2-3)-c2ccccc2C4(C)C)c2ccc3c(c2)C(c2ccccc2)(c2ccccc2)c2cc(-c4ccccc4)c4oc5ccccc5c4c2-3)cc1. The average molecular weight is 1030 g/mol. The first-order chi connectivity index (χ1) is 38.8. The second-order valence-corrected chi connectivity index (χ2v) is 24.7. The van der Waals surface area contributed by atoms with Gasteiger partial charge in [-0.05, 0) is 143 Å². The molecule has 0 fully saturated rings. The molecular weight excluding hydrogens is 971 g/mol. The highest BCUT2D eigenvalue weighted by Crippen LogP contribution is 2.65. The summed E-state index contributed by atoms with van der Waals surface area (Å²) >= 11 is 0. The number of furan rings is 2. The van der Waals surface area contributed by atoms with Crippen molar-refractivity contribution >= 4 is 60.9 Å². The standard InChI is InChI=1S/C77H59NO2/c1-74(2,3)47-35-37-50(38-36-47)78(51-39-41-54-60(43-51)76(6,7)70-66(54)68-57-31-19-22-34-64(57)80-73(68)69-53-29-17-20-32-59(53)75(4,5)71(69)70)52-40-42-55-61(44-52)77(48-25-13-9-14-26-48,49-27-15-10-16-28-49)62-45-58(46-23-11-8-12-24-46)72-67(65(55)62)56-30-18-21-33-63(56)79-72/h8-45H,1-7H3. The number of fused-ring (bicyclic) bond motifs is 19. The highest BCUT2D eigenvalue weighted by Gasteiger charge is 2.50. The summed E-state index contributed by atoms with van der Waals surface area (Å²) in [5.74, 6) is 0. The Bertz CT molecular complexity index is 4680. The maximum atomic E-state index is 7.06. The van der Waals surface area contributed by atoms with E-state index < -0.39 is 5.41 Å². The largest absolute Gasteiger partial charge is 0.455 e. The smallest absolute Gasteiger partial charge is 0.144 e. The predicted octanol–water partition coefficient (Wildman–Crippen LogP) is 20.9. The number of hydrogen-bond donors (Lipinski definition) is 0. The van der Waals surface area contributed by atoms with Gasteiger partial charge in [-0.1, -0.05) is 224 Å². The Kier molecular flexibility index (Phi) is 9.63. The molecule has 384 valence electrons. The Morgan fingerprint density at radius 1 is 0.362 bits per heavy atom. The van der Waals surface area contributed by atoms with E-state index in [4.69, 9.17) is 8.83 Å². The third kappa shape index (κ3) is 6.21. The van der Waals surface area contributed by atoms with Crippen LogP contribution < -0.4 is 4.90 Å². The third-order valence-corrected chi connectivity index (χ3v) is 18.6. The fraction of sp³-hybridized carbons (Fsp3) is 0.143. The van der Waals surface area contributed by atoms with Crippen LogP contribution in [0.4, 0.5) is 17.1 Å². The molecule has 0 spiro atoms. The number of benzene rings is 11. The zero-order valence-electron chi connectivity index (χ0n) is 46.2. The van der Waals surface area contributed by atoms with Crippen molar-refractivity contribution in [2.24, 2.45) is 0 Å². The van der Waals surface area contributed by atoms with Crippen LogP contribution in [0.25, 0.3) is 88.4 Å². The van der Waals surface area contributed by atoms with Crippen LogP contribution in [0.1, 0.15) is 98.5 Å². The topological polar surface area (TPSA) is 29.5 Å². The van der Waals surface area contributed by atoms with Gasteiger partial charge in [0.25, 0.3) is 0 Å². The molecular formula is C77H59NO2. The molecule has 0 unspecified atom stereocenters. The van der Waals surface area contributed by atoms with E-state index >= 15 is 0 Å². The second kappa shape index (κ2) is 16.4. The van der Waals surface area contributed by atoms with Gasteiger partial charge in [-0.25, -0.2) is 0 Å². The normalized spacial score (nSPS) is 15.0. The Morgan fingerprint density at radius 3 is 1.46 bits per heavy atom. The van der Waals surface area contributed by atoms with Crippen molar-refractivity contribution in [1.29, 1.82) is 0 Å². The lowest BCUT2D eigenvalue weighted by molar-refractivity contribution is 0.590. The van der Waals surface area contributed by atoms with Gasteiger partial charge in [-0.2, -0.15) is 0 Å². The van der Waals surface area contributed by atoms with E-state index in [0.717, 1.165) is 66.7 Å². The van der Waals surface area contributed by atoms with Crippen LogP contribution >= 0.6 is 0 Å². The lowest BCUT2D eigenvalue weighted by Gasteiger charge is -2.35. The molecule has 2 aromatic heterocycles. The van der Waals surface area contributed by atoms with Crippen LogP contribution in [0.3, 0.4) is 0 Å². The van der Waals surface area contributed by atoms with Gasteiger partial charge in [-0.15, -0.1) is 0 Å². The summed E-state index contributed by atoms with van der Waals surface area (Å²) in [4.78, 5) is 2.51. The van der Waals surface area contributed by atoms with Gasteiger partial charge in [-0.3, -0.25) is 0 Å². The summed E-state index contributed by atoms with van der Waals surface area (Å²) in [5, 5.41) is 4.63. The number of hydrogen-bond acceptors (Lipinski definition) is 3. The van der Waals surface area contributed by atoms with Crippen LogP contribution in [-0.2, 0) is 21.7 Å².